The molecule has 0 aromatic heterocycles. The smallest absolute Gasteiger partial charge is 0.336 e. The fraction of sp³-hybridized carbons (Fsp3) is 0.636. The summed E-state index contributed by atoms with van der Waals surface area (Å²) in [5.41, 5.74) is 7.25. The number of nitrogens with zero attached hydrogens (tertiary/aromatic N) is 1. The van der Waals surface area contributed by atoms with Crippen molar-refractivity contribution in [1.82, 2.24) is 4.90 Å². The van der Waals surface area contributed by atoms with Gasteiger partial charge in [0.15, 0.2) is 0 Å². The summed E-state index contributed by atoms with van der Waals surface area (Å²) in [5.74, 6) is 0.440. The lowest BCUT2D eigenvalue weighted by Crippen LogP contribution is -2.52. The van der Waals surface area contributed by atoms with Crippen molar-refractivity contribution in [2.75, 3.05) is 13.7 Å². The molecule has 0 bridgehead atoms. The van der Waals surface area contributed by atoms with Gasteiger partial charge in [0, 0.05) is 18.7 Å². The van der Waals surface area contributed by atoms with Crippen molar-refractivity contribution < 1.29 is 19.4 Å². The summed E-state index contributed by atoms with van der Waals surface area (Å²) in [6, 6.07) is 5.11. The summed E-state index contributed by atoms with van der Waals surface area (Å²) in [7, 11) is 1.89. The van der Waals surface area contributed by atoms with Gasteiger partial charge in [0.25, 0.3) is 0 Å². The van der Waals surface area contributed by atoms with Crippen LogP contribution in [0.15, 0.2) is 18.2 Å². The SMILES string of the molecule is Cc1c(OCC2CCC([C@H](N)C(=O)N(C)C3CCC3)CC2)cccc1C(=O)O. The summed E-state index contributed by atoms with van der Waals surface area (Å²) in [5, 5.41) is 9.23. The molecular weight excluding hydrogens is 356 g/mol. The van der Waals surface area contributed by atoms with Crippen molar-refractivity contribution >= 4 is 11.9 Å². The third kappa shape index (κ3) is 4.49. The first-order valence-electron chi connectivity index (χ1n) is 10.4. The first-order valence-corrected chi connectivity index (χ1v) is 10.4. The van der Waals surface area contributed by atoms with Crippen molar-refractivity contribution in [3.05, 3.63) is 29.3 Å². The highest BCUT2D eigenvalue weighted by atomic mass is 16.5. The van der Waals surface area contributed by atoms with Gasteiger partial charge in [-0.05, 0) is 75.8 Å². The molecule has 2 saturated carbocycles. The van der Waals surface area contributed by atoms with Gasteiger partial charge in [-0.1, -0.05) is 6.07 Å². The number of amides is 1. The molecule has 0 aliphatic heterocycles. The monoisotopic (exact) mass is 388 g/mol. The number of nitrogens with two attached hydrogens (primary N) is 1. The lowest BCUT2D eigenvalue weighted by Gasteiger charge is -2.38. The lowest BCUT2D eigenvalue weighted by molar-refractivity contribution is -0.136. The van der Waals surface area contributed by atoms with Crippen LogP contribution in [0.1, 0.15) is 60.9 Å². The van der Waals surface area contributed by atoms with E-state index < -0.39 is 12.0 Å². The van der Waals surface area contributed by atoms with E-state index in [1.165, 1.54) is 6.42 Å². The Hall–Kier alpha value is -2.08. The molecular formula is C22H32N2O4. The highest BCUT2D eigenvalue weighted by Crippen LogP contribution is 2.33. The topological polar surface area (TPSA) is 92.9 Å². The quantitative estimate of drug-likeness (QED) is 0.748. The zero-order valence-electron chi connectivity index (χ0n) is 16.9. The molecule has 0 heterocycles. The molecule has 6 nitrogen and oxygen atoms in total. The second-order valence-electron chi connectivity index (χ2n) is 8.39. The van der Waals surface area contributed by atoms with E-state index in [0.29, 0.717) is 29.9 Å². The normalized spacial score (nSPS) is 23.5. The van der Waals surface area contributed by atoms with Crippen LogP contribution in [0.5, 0.6) is 5.75 Å². The van der Waals surface area contributed by atoms with Crippen LogP contribution in [0.3, 0.4) is 0 Å². The summed E-state index contributed by atoms with van der Waals surface area (Å²) in [6.45, 7) is 2.35. The molecule has 0 unspecified atom stereocenters. The summed E-state index contributed by atoms with van der Waals surface area (Å²) < 4.78 is 5.93. The zero-order valence-corrected chi connectivity index (χ0v) is 16.9. The number of carbonyl (C=O) groups is 2. The van der Waals surface area contributed by atoms with E-state index >= 15 is 0 Å². The van der Waals surface area contributed by atoms with E-state index in [1.807, 2.05) is 18.0 Å². The Balaban J connectivity index is 1.47. The standard InChI is InChI=1S/C22H32N2O4/c1-14-18(22(26)27)7-4-8-19(14)28-13-15-9-11-16(12-10-15)20(23)21(25)24(2)17-5-3-6-17/h4,7-8,15-17,20H,3,5-6,9-13,23H2,1-2H3,(H,26,27)/t15?,16?,20-/m0/s1. The Bertz CT molecular complexity index is 708. The van der Waals surface area contributed by atoms with Gasteiger partial charge in [-0.25, -0.2) is 4.79 Å². The number of rotatable bonds is 7. The Kier molecular flexibility index (Phi) is 6.60. The van der Waals surface area contributed by atoms with Crippen LogP contribution in [0.2, 0.25) is 0 Å². The zero-order chi connectivity index (χ0) is 20.3. The number of carboxylic acid groups (broad SMARTS) is 1. The van der Waals surface area contributed by atoms with Gasteiger partial charge in [0.05, 0.1) is 18.2 Å². The highest BCUT2D eigenvalue weighted by molar-refractivity contribution is 5.90. The minimum absolute atomic E-state index is 0.0884. The molecule has 2 fully saturated rings. The summed E-state index contributed by atoms with van der Waals surface area (Å²) in [4.78, 5) is 25.7. The predicted molar refractivity (Wildman–Crippen MR) is 107 cm³/mol. The molecule has 154 valence electrons. The van der Waals surface area contributed by atoms with Gasteiger partial charge < -0.3 is 20.5 Å². The van der Waals surface area contributed by atoms with Crippen LogP contribution < -0.4 is 10.5 Å². The average Bonchev–Trinajstić information content (AvgIpc) is 2.64. The molecule has 1 amide bonds. The molecule has 0 radical (unpaired) electrons. The van der Waals surface area contributed by atoms with E-state index in [1.54, 1.807) is 19.1 Å². The van der Waals surface area contributed by atoms with Gasteiger partial charge in [-0.15, -0.1) is 0 Å². The predicted octanol–water partition coefficient (Wildman–Crippen LogP) is 3.22. The first kappa shape index (κ1) is 20.6. The Morgan fingerprint density at radius 3 is 2.46 bits per heavy atom. The fourth-order valence-corrected chi connectivity index (χ4v) is 4.31. The molecule has 2 aliphatic rings. The Morgan fingerprint density at radius 2 is 1.89 bits per heavy atom. The van der Waals surface area contributed by atoms with Crippen molar-refractivity contribution in [3.8, 4) is 5.75 Å². The lowest BCUT2D eigenvalue weighted by atomic mass is 9.78. The molecule has 28 heavy (non-hydrogen) atoms. The minimum atomic E-state index is -0.936. The number of likely N-dealkylation sites (N-methyl/N-ethyl adjacent to an activating group) is 1. The van der Waals surface area contributed by atoms with E-state index in [0.717, 1.165) is 38.5 Å². The van der Waals surface area contributed by atoms with Crippen molar-refractivity contribution in [2.24, 2.45) is 17.6 Å². The second-order valence-corrected chi connectivity index (χ2v) is 8.39. The van der Waals surface area contributed by atoms with Crippen LogP contribution in [-0.2, 0) is 4.79 Å². The van der Waals surface area contributed by atoms with E-state index in [9.17, 15) is 14.7 Å². The maximum Gasteiger partial charge on any atom is 0.336 e. The van der Waals surface area contributed by atoms with Crippen molar-refractivity contribution in [1.29, 1.82) is 0 Å². The van der Waals surface area contributed by atoms with Crippen molar-refractivity contribution in [2.45, 2.75) is 64.0 Å². The van der Waals surface area contributed by atoms with Crippen LogP contribution >= 0.6 is 0 Å². The molecule has 0 saturated heterocycles. The van der Waals surface area contributed by atoms with Gasteiger partial charge in [0.2, 0.25) is 5.91 Å². The Morgan fingerprint density at radius 1 is 1.21 bits per heavy atom. The van der Waals surface area contributed by atoms with Gasteiger partial charge in [-0.3, -0.25) is 4.79 Å². The van der Waals surface area contributed by atoms with Crippen LogP contribution in [0.4, 0.5) is 0 Å². The maximum absolute atomic E-state index is 12.6. The van der Waals surface area contributed by atoms with Crippen LogP contribution in [0.25, 0.3) is 0 Å². The van der Waals surface area contributed by atoms with Gasteiger partial charge in [-0.2, -0.15) is 0 Å². The van der Waals surface area contributed by atoms with E-state index in [4.69, 9.17) is 10.5 Å². The largest absolute Gasteiger partial charge is 0.493 e. The van der Waals surface area contributed by atoms with Crippen LogP contribution in [0, 0.1) is 18.8 Å². The minimum Gasteiger partial charge on any atom is -0.493 e. The molecule has 1 aromatic carbocycles. The van der Waals surface area contributed by atoms with E-state index in [-0.39, 0.29) is 17.4 Å². The molecule has 6 heteroatoms. The number of hydrogen-bond acceptors (Lipinski definition) is 4. The third-order valence-corrected chi connectivity index (χ3v) is 6.64. The Labute approximate surface area is 167 Å². The second kappa shape index (κ2) is 8.95. The number of ether oxygens (including phenoxy) is 1. The van der Waals surface area contributed by atoms with Gasteiger partial charge in [0.1, 0.15) is 5.75 Å². The van der Waals surface area contributed by atoms with E-state index in [2.05, 4.69) is 0 Å². The molecule has 3 N–H and O–H groups in total. The maximum atomic E-state index is 12.6. The number of hydrogen-bond donors (Lipinski definition) is 2. The third-order valence-electron chi connectivity index (χ3n) is 6.64. The first-order chi connectivity index (χ1) is 13.4. The number of aromatic carboxylic acids is 1. The molecule has 2 aliphatic carbocycles. The molecule has 3 rings (SSSR count). The molecule has 1 aromatic rings. The molecule has 0 spiro atoms. The van der Waals surface area contributed by atoms with Crippen LogP contribution in [-0.4, -0.2) is 47.6 Å². The summed E-state index contributed by atoms with van der Waals surface area (Å²) >= 11 is 0. The van der Waals surface area contributed by atoms with Crippen molar-refractivity contribution in [3.63, 3.8) is 0 Å². The average molecular weight is 389 g/mol. The fourth-order valence-electron chi connectivity index (χ4n) is 4.31. The molecule has 1 atom stereocenters. The number of benzene rings is 1. The number of carboxylic acids is 1. The number of carbonyl (C=O) groups excluding carboxylic acids is 1. The van der Waals surface area contributed by atoms with Gasteiger partial charge >= 0.3 is 5.97 Å². The summed E-state index contributed by atoms with van der Waals surface area (Å²) in [6.07, 6.45) is 7.24. The highest BCUT2D eigenvalue weighted by Gasteiger charge is 2.34.